The highest BCUT2D eigenvalue weighted by Crippen LogP contribution is 2.36. The molecule has 24 heavy (non-hydrogen) atoms. The van der Waals surface area contributed by atoms with Crippen LogP contribution in [-0.2, 0) is 10.5 Å². The standard InChI is InChI=1S/C18H18BrNO3S/c1-12-4-2-3-5-15(12)20-18(21)11-24-10-13-8-16-17(9-14(13)19)23-7-6-22-16/h2-5,8-9H,6-7,10-11H2,1H3,(H,20,21). The number of benzene rings is 2. The first kappa shape index (κ1) is 17.2. The molecule has 0 bridgehead atoms. The summed E-state index contributed by atoms with van der Waals surface area (Å²) in [5, 5.41) is 2.94. The van der Waals surface area contributed by atoms with Crippen LogP contribution in [-0.4, -0.2) is 24.9 Å². The molecule has 2 aromatic carbocycles. The summed E-state index contributed by atoms with van der Waals surface area (Å²) >= 11 is 5.12. The Bertz CT molecular complexity index is 751. The van der Waals surface area contributed by atoms with Crippen LogP contribution in [0.4, 0.5) is 5.69 Å². The van der Waals surface area contributed by atoms with Crippen molar-refractivity contribution in [1.29, 1.82) is 0 Å². The van der Waals surface area contributed by atoms with Crippen LogP contribution in [0.3, 0.4) is 0 Å². The molecule has 0 unspecified atom stereocenters. The van der Waals surface area contributed by atoms with Crippen LogP contribution in [0, 0.1) is 6.92 Å². The SMILES string of the molecule is Cc1ccccc1NC(=O)CSCc1cc2c(cc1Br)OCCO2. The summed E-state index contributed by atoms with van der Waals surface area (Å²) in [4.78, 5) is 12.1. The fraction of sp³-hybridized carbons (Fsp3) is 0.278. The fourth-order valence-electron chi connectivity index (χ4n) is 2.37. The number of thioether (sulfide) groups is 1. The third-order valence-corrected chi connectivity index (χ3v) is 5.34. The molecule has 6 heteroatoms. The highest BCUT2D eigenvalue weighted by Gasteiger charge is 2.15. The Morgan fingerprint density at radius 1 is 1.21 bits per heavy atom. The quantitative estimate of drug-likeness (QED) is 0.797. The Kier molecular flexibility index (Phi) is 5.68. The van der Waals surface area contributed by atoms with Gasteiger partial charge >= 0.3 is 0 Å². The normalized spacial score (nSPS) is 12.8. The Morgan fingerprint density at radius 2 is 1.92 bits per heavy atom. The Labute approximate surface area is 154 Å². The van der Waals surface area contributed by atoms with Gasteiger partial charge in [0.15, 0.2) is 11.5 Å². The van der Waals surface area contributed by atoms with Crippen molar-refractivity contribution >= 4 is 39.3 Å². The van der Waals surface area contributed by atoms with Gasteiger partial charge in [0.25, 0.3) is 0 Å². The molecule has 2 aromatic rings. The second-order valence-electron chi connectivity index (χ2n) is 5.44. The maximum Gasteiger partial charge on any atom is 0.234 e. The fourth-order valence-corrected chi connectivity index (χ4v) is 3.84. The summed E-state index contributed by atoms with van der Waals surface area (Å²) in [5.41, 5.74) is 3.02. The molecule has 1 heterocycles. The zero-order chi connectivity index (χ0) is 16.9. The summed E-state index contributed by atoms with van der Waals surface area (Å²) in [6.45, 7) is 3.13. The number of halogens is 1. The summed E-state index contributed by atoms with van der Waals surface area (Å²) in [6, 6.07) is 11.7. The number of para-hydroxylation sites is 1. The zero-order valence-electron chi connectivity index (χ0n) is 13.3. The van der Waals surface area contributed by atoms with Gasteiger partial charge in [0, 0.05) is 15.9 Å². The number of carbonyl (C=O) groups excluding carboxylic acids is 1. The number of ether oxygens (including phenoxy) is 2. The van der Waals surface area contributed by atoms with Gasteiger partial charge in [0.2, 0.25) is 5.91 Å². The molecule has 1 amide bonds. The monoisotopic (exact) mass is 407 g/mol. The van der Waals surface area contributed by atoms with Crippen molar-refractivity contribution in [3.8, 4) is 11.5 Å². The minimum Gasteiger partial charge on any atom is -0.486 e. The van der Waals surface area contributed by atoms with Crippen LogP contribution in [0.5, 0.6) is 11.5 Å². The first-order chi connectivity index (χ1) is 11.6. The molecule has 1 aliphatic rings. The predicted molar refractivity (Wildman–Crippen MR) is 101 cm³/mol. The van der Waals surface area contributed by atoms with Crippen LogP contribution in [0.25, 0.3) is 0 Å². The third-order valence-electron chi connectivity index (χ3n) is 3.62. The number of carbonyl (C=O) groups is 1. The van der Waals surface area contributed by atoms with Gasteiger partial charge in [-0.15, -0.1) is 11.8 Å². The van der Waals surface area contributed by atoms with Gasteiger partial charge in [-0.2, -0.15) is 0 Å². The Balaban J connectivity index is 1.55. The molecule has 3 rings (SSSR count). The molecule has 0 saturated heterocycles. The average Bonchev–Trinajstić information content (AvgIpc) is 2.57. The van der Waals surface area contributed by atoms with E-state index in [2.05, 4.69) is 21.2 Å². The molecule has 0 fully saturated rings. The lowest BCUT2D eigenvalue weighted by molar-refractivity contribution is -0.113. The van der Waals surface area contributed by atoms with Crippen LogP contribution >= 0.6 is 27.7 Å². The minimum absolute atomic E-state index is 0.00275. The number of amides is 1. The van der Waals surface area contributed by atoms with Crippen molar-refractivity contribution in [3.05, 3.63) is 52.0 Å². The molecule has 0 aliphatic carbocycles. The average molecular weight is 408 g/mol. The maximum absolute atomic E-state index is 12.1. The highest BCUT2D eigenvalue weighted by atomic mass is 79.9. The topological polar surface area (TPSA) is 47.6 Å². The number of anilines is 1. The lowest BCUT2D eigenvalue weighted by Gasteiger charge is -2.19. The first-order valence-electron chi connectivity index (χ1n) is 7.65. The lowest BCUT2D eigenvalue weighted by Crippen LogP contribution is -2.16. The van der Waals surface area contributed by atoms with E-state index in [9.17, 15) is 4.79 Å². The first-order valence-corrected chi connectivity index (χ1v) is 9.59. The van der Waals surface area contributed by atoms with Crippen LogP contribution in [0.15, 0.2) is 40.9 Å². The van der Waals surface area contributed by atoms with Crippen molar-refractivity contribution in [2.75, 3.05) is 24.3 Å². The zero-order valence-corrected chi connectivity index (χ0v) is 15.7. The maximum atomic E-state index is 12.1. The van der Waals surface area contributed by atoms with Crippen LogP contribution < -0.4 is 14.8 Å². The molecular weight excluding hydrogens is 390 g/mol. The number of fused-ring (bicyclic) bond motifs is 1. The third kappa shape index (κ3) is 4.24. The smallest absolute Gasteiger partial charge is 0.234 e. The molecule has 0 atom stereocenters. The summed E-state index contributed by atoms with van der Waals surface area (Å²) in [5.74, 6) is 2.65. The summed E-state index contributed by atoms with van der Waals surface area (Å²) in [6.07, 6.45) is 0. The molecule has 1 N–H and O–H groups in total. The number of rotatable bonds is 5. The van der Waals surface area contributed by atoms with Crippen molar-refractivity contribution < 1.29 is 14.3 Å². The number of hydrogen-bond donors (Lipinski definition) is 1. The van der Waals surface area contributed by atoms with E-state index < -0.39 is 0 Å². The van der Waals surface area contributed by atoms with E-state index in [-0.39, 0.29) is 5.91 Å². The lowest BCUT2D eigenvalue weighted by atomic mass is 10.2. The van der Waals surface area contributed by atoms with Gasteiger partial charge in [-0.3, -0.25) is 4.79 Å². The van der Waals surface area contributed by atoms with E-state index in [1.807, 2.05) is 43.3 Å². The van der Waals surface area contributed by atoms with E-state index in [4.69, 9.17) is 9.47 Å². The second-order valence-corrected chi connectivity index (χ2v) is 7.28. The van der Waals surface area contributed by atoms with E-state index in [0.29, 0.717) is 19.0 Å². The van der Waals surface area contributed by atoms with E-state index in [1.54, 1.807) is 11.8 Å². The molecule has 126 valence electrons. The number of nitrogens with one attached hydrogen (secondary N) is 1. The van der Waals surface area contributed by atoms with E-state index in [1.165, 1.54) is 0 Å². The molecule has 0 spiro atoms. The van der Waals surface area contributed by atoms with Gasteiger partial charge < -0.3 is 14.8 Å². The molecule has 4 nitrogen and oxygen atoms in total. The van der Waals surface area contributed by atoms with Gasteiger partial charge in [0.1, 0.15) is 13.2 Å². The molecular formula is C18H18BrNO3S. The van der Waals surface area contributed by atoms with Crippen molar-refractivity contribution in [3.63, 3.8) is 0 Å². The number of aryl methyl sites for hydroxylation is 1. The summed E-state index contributed by atoms with van der Waals surface area (Å²) in [7, 11) is 0. The van der Waals surface area contributed by atoms with Gasteiger partial charge in [-0.25, -0.2) is 0 Å². The highest BCUT2D eigenvalue weighted by molar-refractivity contribution is 9.10. The number of hydrogen-bond acceptors (Lipinski definition) is 4. The minimum atomic E-state index is 0.00275. The molecule has 0 radical (unpaired) electrons. The van der Waals surface area contributed by atoms with Gasteiger partial charge in [0.05, 0.1) is 5.75 Å². The van der Waals surface area contributed by atoms with Crippen molar-refractivity contribution in [1.82, 2.24) is 0 Å². The van der Waals surface area contributed by atoms with Crippen molar-refractivity contribution in [2.45, 2.75) is 12.7 Å². The molecule has 1 aliphatic heterocycles. The molecule has 0 aromatic heterocycles. The predicted octanol–water partition coefficient (Wildman–Crippen LogP) is 4.40. The van der Waals surface area contributed by atoms with Gasteiger partial charge in [-0.1, -0.05) is 34.1 Å². The van der Waals surface area contributed by atoms with E-state index >= 15 is 0 Å². The molecule has 0 saturated carbocycles. The Morgan fingerprint density at radius 3 is 2.67 bits per heavy atom. The van der Waals surface area contributed by atoms with Crippen LogP contribution in [0.2, 0.25) is 0 Å². The van der Waals surface area contributed by atoms with Gasteiger partial charge in [-0.05, 0) is 36.2 Å². The summed E-state index contributed by atoms with van der Waals surface area (Å²) < 4.78 is 12.1. The second kappa shape index (κ2) is 7.94. The Hall–Kier alpha value is -1.66. The van der Waals surface area contributed by atoms with Crippen molar-refractivity contribution in [2.24, 2.45) is 0 Å². The van der Waals surface area contributed by atoms with Crippen LogP contribution in [0.1, 0.15) is 11.1 Å². The van der Waals surface area contributed by atoms with E-state index in [0.717, 1.165) is 38.5 Å². The largest absolute Gasteiger partial charge is 0.486 e.